The summed E-state index contributed by atoms with van der Waals surface area (Å²) in [5, 5.41) is 3.39. The summed E-state index contributed by atoms with van der Waals surface area (Å²) in [5.41, 5.74) is 9.30. The summed E-state index contributed by atoms with van der Waals surface area (Å²) in [6.45, 7) is 6.77. The van der Waals surface area contributed by atoms with Crippen molar-refractivity contribution in [3.8, 4) is 0 Å². The van der Waals surface area contributed by atoms with Crippen molar-refractivity contribution in [1.29, 1.82) is 0 Å². The SMILES string of the molecule is CC(C)c1nc(CN)c2c(n1)CCNCC2. The minimum Gasteiger partial charge on any atom is -0.325 e. The fourth-order valence-electron chi connectivity index (χ4n) is 2.07. The minimum absolute atomic E-state index is 0.367. The number of rotatable bonds is 2. The zero-order chi connectivity index (χ0) is 11.5. The Labute approximate surface area is 96.7 Å². The van der Waals surface area contributed by atoms with Crippen molar-refractivity contribution in [1.82, 2.24) is 15.3 Å². The topological polar surface area (TPSA) is 63.8 Å². The Balaban J connectivity index is 2.46. The largest absolute Gasteiger partial charge is 0.325 e. The number of nitrogens with two attached hydrogens (primary N) is 1. The molecule has 1 aliphatic heterocycles. The van der Waals surface area contributed by atoms with Crippen LogP contribution in [0.1, 0.15) is 42.5 Å². The molecule has 0 aromatic carbocycles. The normalized spacial score (nSPS) is 16.0. The molecule has 0 aliphatic carbocycles. The number of nitrogens with zero attached hydrogens (tertiary/aromatic N) is 2. The van der Waals surface area contributed by atoms with Gasteiger partial charge in [0.05, 0.1) is 5.69 Å². The van der Waals surface area contributed by atoms with Crippen molar-refractivity contribution in [2.75, 3.05) is 13.1 Å². The molecule has 16 heavy (non-hydrogen) atoms. The molecule has 1 aromatic rings. The average molecular weight is 220 g/mol. The number of hydrogen-bond acceptors (Lipinski definition) is 4. The highest BCUT2D eigenvalue weighted by Gasteiger charge is 2.16. The summed E-state index contributed by atoms with van der Waals surface area (Å²) in [7, 11) is 0. The van der Waals surface area contributed by atoms with Crippen LogP contribution >= 0.6 is 0 Å². The molecule has 3 N–H and O–H groups in total. The fourth-order valence-corrected chi connectivity index (χ4v) is 2.07. The Morgan fingerprint density at radius 1 is 1.25 bits per heavy atom. The van der Waals surface area contributed by atoms with E-state index < -0.39 is 0 Å². The van der Waals surface area contributed by atoms with Gasteiger partial charge in [0.2, 0.25) is 0 Å². The van der Waals surface area contributed by atoms with Crippen LogP contribution in [0.2, 0.25) is 0 Å². The van der Waals surface area contributed by atoms with Crippen molar-refractivity contribution in [3.05, 3.63) is 22.8 Å². The van der Waals surface area contributed by atoms with E-state index in [0.29, 0.717) is 12.5 Å². The second-order valence-electron chi connectivity index (χ2n) is 4.56. The fraction of sp³-hybridized carbons (Fsp3) is 0.667. The molecule has 88 valence electrons. The highest BCUT2D eigenvalue weighted by atomic mass is 14.9. The summed E-state index contributed by atoms with van der Waals surface area (Å²) in [5.74, 6) is 1.30. The predicted octanol–water partition coefficient (Wildman–Crippen LogP) is 0.747. The molecule has 0 spiro atoms. The van der Waals surface area contributed by atoms with Crippen LogP contribution in [0.25, 0.3) is 0 Å². The van der Waals surface area contributed by atoms with Crippen LogP contribution in [-0.2, 0) is 19.4 Å². The lowest BCUT2D eigenvalue weighted by Gasteiger charge is -2.13. The van der Waals surface area contributed by atoms with Crippen LogP contribution in [0.3, 0.4) is 0 Å². The van der Waals surface area contributed by atoms with Gasteiger partial charge in [0.25, 0.3) is 0 Å². The van der Waals surface area contributed by atoms with Gasteiger partial charge in [-0.3, -0.25) is 0 Å². The highest BCUT2D eigenvalue weighted by Crippen LogP contribution is 2.18. The monoisotopic (exact) mass is 220 g/mol. The number of nitrogens with one attached hydrogen (secondary N) is 1. The Hall–Kier alpha value is -1.00. The standard InChI is InChI=1S/C12H20N4/c1-8(2)12-15-10-4-6-14-5-3-9(10)11(7-13)16-12/h8,14H,3-7,13H2,1-2H3. The van der Waals surface area contributed by atoms with E-state index in [1.54, 1.807) is 0 Å². The molecule has 1 aliphatic rings. The maximum Gasteiger partial charge on any atom is 0.131 e. The van der Waals surface area contributed by atoms with Crippen LogP contribution in [-0.4, -0.2) is 23.1 Å². The second kappa shape index (κ2) is 4.89. The quantitative estimate of drug-likeness (QED) is 0.772. The van der Waals surface area contributed by atoms with E-state index in [1.165, 1.54) is 11.3 Å². The molecule has 0 unspecified atom stereocenters. The van der Waals surface area contributed by atoms with Gasteiger partial charge in [-0.1, -0.05) is 13.8 Å². The molecule has 0 amide bonds. The number of hydrogen-bond donors (Lipinski definition) is 2. The number of aromatic nitrogens is 2. The first-order chi connectivity index (χ1) is 7.72. The van der Waals surface area contributed by atoms with Gasteiger partial charge in [0.1, 0.15) is 5.82 Å². The highest BCUT2D eigenvalue weighted by molar-refractivity contribution is 5.28. The van der Waals surface area contributed by atoms with E-state index in [4.69, 9.17) is 5.73 Å². The van der Waals surface area contributed by atoms with Crippen molar-refractivity contribution < 1.29 is 0 Å². The van der Waals surface area contributed by atoms with Gasteiger partial charge < -0.3 is 11.1 Å². The molecule has 0 saturated heterocycles. The molecular weight excluding hydrogens is 200 g/mol. The van der Waals surface area contributed by atoms with E-state index in [-0.39, 0.29) is 0 Å². The Bertz CT molecular complexity index is 374. The predicted molar refractivity (Wildman–Crippen MR) is 64.3 cm³/mol. The first-order valence-electron chi connectivity index (χ1n) is 6.01. The second-order valence-corrected chi connectivity index (χ2v) is 4.56. The molecule has 4 nitrogen and oxygen atoms in total. The van der Waals surface area contributed by atoms with Gasteiger partial charge in [0, 0.05) is 31.1 Å². The molecule has 0 saturated carbocycles. The molecule has 0 bridgehead atoms. The van der Waals surface area contributed by atoms with E-state index in [0.717, 1.165) is 37.4 Å². The molecule has 2 heterocycles. The van der Waals surface area contributed by atoms with Gasteiger partial charge in [-0.15, -0.1) is 0 Å². The van der Waals surface area contributed by atoms with Gasteiger partial charge in [0.15, 0.2) is 0 Å². The van der Waals surface area contributed by atoms with Crippen LogP contribution in [0.5, 0.6) is 0 Å². The summed E-state index contributed by atoms with van der Waals surface area (Å²) in [6, 6.07) is 0. The van der Waals surface area contributed by atoms with Crippen molar-refractivity contribution in [2.24, 2.45) is 5.73 Å². The zero-order valence-electron chi connectivity index (χ0n) is 10.1. The smallest absolute Gasteiger partial charge is 0.131 e. The van der Waals surface area contributed by atoms with E-state index in [9.17, 15) is 0 Å². The summed E-state index contributed by atoms with van der Waals surface area (Å²) < 4.78 is 0. The molecule has 1 aromatic heterocycles. The van der Waals surface area contributed by atoms with Gasteiger partial charge in [-0.2, -0.15) is 0 Å². The first kappa shape index (κ1) is 11.5. The van der Waals surface area contributed by atoms with Crippen LogP contribution in [0, 0.1) is 0 Å². The first-order valence-corrected chi connectivity index (χ1v) is 6.01. The van der Waals surface area contributed by atoms with Crippen LogP contribution < -0.4 is 11.1 Å². The summed E-state index contributed by atoms with van der Waals surface area (Å²) >= 11 is 0. The molecular formula is C12H20N4. The van der Waals surface area contributed by atoms with Crippen molar-refractivity contribution >= 4 is 0 Å². The molecule has 2 rings (SSSR count). The lowest BCUT2D eigenvalue weighted by atomic mass is 10.1. The Morgan fingerprint density at radius 2 is 2.00 bits per heavy atom. The van der Waals surface area contributed by atoms with Gasteiger partial charge in [-0.05, 0) is 18.5 Å². The van der Waals surface area contributed by atoms with Crippen molar-refractivity contribution in [2.45, 2.75) is 39.2 Å². The average Bonchev–Trinajstić information content (AvgIpc) is 2.52. The lowest BCUT2D eigenvalue weighted by molar-refractivity contribution is 0.705. The van der Waals surface area contributed by atoms with E-state index in [1.807, 2.05) is 0 Å². The van der Waals surface area contributed by atoms with Gasteiger partial charge in [-0.25, -0.2) is 9.97 Å². The van der Waals surface area contributed by atoms with Crippen LogP contribution in [0.4, 0.5) is 0 Å². The van der Waals surface area contributed by atoms with Crippen LogP contribution in [0.15, 0.2) is 0 Å². The zero-order valence-corrected chi connectivity index (χ0v) is 10.1. The number of fused-ring (bicyclic) bond motifs is 1. The van der Waals surface area contributed by atoms with E-state index in [2.05, 4.69) is 29.1 Å². The third-order valence-electron chi connectivity index (χ3n) is 3.00. The molecule has 4 heteroatoms. The third kappa shape index (κ3) is 2.23. The summed E-state index contributed by atoms with van der Waals surface area (Å²) in [6.07, 6.45) is 1.99. The minimum atomic E-state index is 0.367. The molecule has 0 atom stereocenters. The maximum absolute atomic E-state index is 5.78. The van der Waals surface area contributed by atoms with E-state index >= 15 is 0 Å². The Kier molecular flexibility index (Phi) is 3.51. The van der Waals surface area contributed by atoms with Gasteiger partial charge >= 0.3 is 0 Å². The molecule has 0 fully saturated rings. The maximum atomic E-state index is 5.78. The molecule has 0 radical (unpaired) electrons. The summed E-state index contributed by atoms with van der Waals surface area (Å²) in [4.78, 5) is 9.26. The Morgan fingerprint density at radius 3 is 2.69 bits per heavy atom. The third-order valence-corrected chi connectivity index (χ3v) is 3.00. The lowest BCUT2D eigenvalue weighted by Crippen LogP contribution is -2.16. The van der Waals surface area contributed by atoms with Crippen molar-refractivity contribution in [3.63, 3.8) is 0 Å².